The van der Waals surface area contributed by atoms with E-state index < -0.39 is 0 Å². The van der Waals surface area contributed by atoms with Gasteiger partial charge in [-0.25, -0.2) is 9.97 Å². The number of pyridine rings is 1. The third kappa shape index (κ3) is 6.42. The summed E-state index contributed by atoms with van der Waals surface area (Å²) in [4.78, 5) is 28.3. The van der Waals surface area contributed by atoms with Crippen LogP contribution in [0, 0.1) is 0 Å². The van der Waals surface area contributed by atoms with Crippen LogP contribution in [0.4, 0.5) is 11.6 Å². The van der Waals surface area contributed by atoms with Crippen molar-refractivity contribution < 1.29 is 9.53 Å². The fourth-order valence-electron chi connectivity index (χ4n) is 3.88. The summed E-state index contributed by atoms with van der Waals surface area (Å²) in [6, 6.07) is 5.93. The van der Waals surface area contributed by atoms with E-state index in [4.69, 9.17) is 20.4 Å². The largest absolute Gasteiger partial charge is 0.463 e. The van der Waals surface area contributed by atoms with Crippen molar-refractivity contribution in [1.29, 1.82) is 0 Å². The molecule has 0 spiro atoms. The minimum absolute atomic E-state index is 0.0517. The van der Waals surface area contributed by atoms with E-state index in [0.29, 0.717) is 18.8 Å². The Morgan fingerprint density at radius 2 is 2.22 bits per heavy atom. The number of aromatic nitrogens is 3. The van der Waals surface area contributed by atoms with E-state index >= 15 is 0 Å². The number of nitrogens with two attached hydrogens (primary N) is 1. The van der Waals surface area contributed by atoms with Crippen LogP contribution >= 0.6 is 0 Å². The minimum Gasteiger partial charge on any atom is -0.463 e. The first-order valence-electron chi connectivity index (χ1n) is 11.4. The normalized spacial score (nSPS) is 16.8. The van der Waals surface area contributed by atoms with Gasteiger partial charge in [-0.2, -0.15) is 0 Å². The molecule has 0 radical (unpaired) electrons. The summed E-state index contributed by atoms with van der Waals surface area (Å²) < 4.78 is 5.40. The van der Waals surface area contributed by atoms with Gasteiger partial charge in [-0.3, -0.25) is 9.78 Å². The Kier molecular flexibility index (Phi) is 8.41. The van der Waals surface area contributed by atoms with Crippen molar-refractivity contribution in [1.82, 2.24) is 15.0 Å². The number of carbonyl (C=O) groups excluding carboxylic acids is 1. The zero-order chi connectivity index (χ0) is 22.9. The number of nitrogens with zero attached hydrogens (tertiary/aromatic N) is 4. The monoisotopic (exact) mass is 438 g/mol. The lowest BCUT2D eigenvalue weighted by Crippen LogP contribution is -2.42. The second kappa shape index (κ2) is 11.5. The predicted molar refractivity (Wildman–Crippen MR) is 127 cm³/mol. The number of piperidine rings is 1. The summed E-state index contributed by atoms with van der Waals surface area (Å²) in [7, 11) is 0. The van der Waals surface area contributed by atoms with Gasteiger partial charge in [0.1, 0.15) is 11.6 Å². The molecular weight excluding hydrogens is 404 g/mol. The van der Waals surface area contributed by atoms with Crippen LogP contribution in [0.2, 0.25) is 0 Å². The number of ether oxygens (including phenoxy) is 1. The first-order chi connectivity index (χ1) is 15.5. The van der Waals surface area contributed by atoms with Crippen molar-refractivity contribution in [2.24, 2.45) is 5.73 Å². The van der Waals surface area contributed by atoms with Gasteiger partial charge in [0.25, 0.3) is 0 Å². The molecular formula is C24H34N6O2. The summed E-state index contributed by atoms with van der Waals surface area (Å²) >= 11 is 0. The van der Waals surface area contributed by atoms with Gasteiger partial charge < -0.3 is 20.7 Å². The Hall–Kier alpha value is -3.16. The number of rotatable bonds is 9. The Balaban J connectivity index is 1.88. The molecule has 3 heterocycles. The molecule has 0 aromatic carbocycles. The molecule has 0 amide bonds. The van der Waals surface area contributed by atoms with Crippen molar-refractivity contribution >= 4 is 23.2 Å². The molecule has 1 aliphatic heterocycles. The van der Waals surface area contributed by atoms with Crippen molar-refractivity contribution in [3.05, 3.63) is 48.2 Å². The van der Waals surface area contributed by atoms with Gasteiger partial charge in [-0.1, -0.05) is 13.0 Å². The summed E-state index contributed by atoms with van der Waals surface area (Å²) in [5, 5.41) is 3.39. The van der Waals surface area contributed by atoms with Crippen LogP contribution in [0.15, 0.2) is 36.8 Å². The zero-order valence-electron chi connectivity index (χ0n) is 19.3. The maximum Gasteiger partial charge on any atom is 0.308 e. The predicted octanol–water partition coefficient (Wildman–Crippen LogP) is 3.89. The zero-order valence-corrected chi connectivity index (χ0v) is 19.3. The molecule has 1 aliphatic rings. The second-order valence-corrected chi connectivity index (χ2v) is 8.28. The van der Waals surface area contributed by atoms with Crippen LogP contribution < -0.4 is 16.0 Å². The molecule has 1 atom stereocenters. The smallest absolute Gasteiger partial charge is 0.308 e. The van der Waals surface area contributed by atoms with E-state index in [1.54, 1.807) is 12.4 Å². The number of esters is 1. The highest BCUT2D eigenvalue weighted by Crippen LogP contribution is 2.29. The third-order valence-corrected chi connectivity index (χ3v) is 5.47. The summed E-state index contributed by atoms with van der Waals surface area (Å²) in [6.45, 7) is 7.22. The van der Waals surface area contributed by atoms with Gasteiger partial charge in [0.2, 0.25) is 0 Å². The van der Waals surface area contributed by atoms with Gasteiger partial charge in [0.15, 0.2) is 5.82 Å². The third-order valence-electron chi connectivity index (χ3n) is 5.47. The maximum atomic E-state index is 12.4. The highest BCUT2D eigenvalue weighted by atomic mass is 16.5. The summed E-state index contributed by atoms with van der Waals surface area (Å²) in [5.74, 6) is 1.96. The van der Waals surface area contributed by atoms with Crippen LogP contribution in [0.25, 0.3) is 5.57 Å². The number of allylic oxidation sites excluding steroid dienone is 1. The SMILES string of the molecule is CC/C(=C/N)c1nc(NCc2cccnc2)cc(N2CCCC[C@H]2CC(=O)OC(C)C)n1. The molecule has 32 heavy (non-hydrogen) atoms. The van der Waals surface area contributed by atoms with Gasteiger partial charge in [0.05, 0.1) is 12.5 Å². The van der Waals surface area contributed by atoms with Gasteiger partial charge in [-0.05, 0) is 51.2 Å². The molecule has 1 fully saturated rings. The number of nitrogens with one attached hydrogen (secondary N) is 1. The molecule has 8 nitrogen and oxygen atoms in total. The highest BCUT2D eigenvalue weighted by molar-refractivity contribution is 5.71. The topological polar surface area (TPSA) is 106 Å². The van der Waals surface area contributed by atoms with E-state index in [1.807, 2.05) is 45.2 Å². The molecule has 2 aromatic rings. The van der Waals surface area contributed by atoms with Crippen molar-refractivity contribution in [3.8, 4) is 0 Å². The average Bonchev–Trinajstić information content (AvgIpc) is 2.79. The number of anilines is 2. The molecule has 0 unspecified atom stereocenters. The fourth-order valence-corrected chi connectivity index (χ4v) is 3.88. The highest BCUT2D eigenvalue weighted by Gasteiger charge is 2.27. The standard InChI is InChI=1S/C24H34N6O2/c1-4-19(14-25)24-28-21(27-16-18-8-7-10-26-15-18)13-22(29-24)30-11-6-5-9-20(30)12-23(31)32-17(2)3/h7-8,10,13-15,17,20H,4-6,9,11-12,16,25H2,1-3H3,(H,27,28,29)/b19-14-/t20-/m0/s1. The molecule has 0 saturated carbocycles. The maximum absolute atomic E-state index is 12.4. The van der Waals surface area contributed by atoms with Gasteiger partial charge in [-0.15, -0.1) is 0 Å². The van der Waals surface area contributed by atoms with Crippen LogP contribution in [0.5, 0.6) is 0 Å². The Morgan fingerprint density at radius 3 is 2.91 bits per heavy atom. The molecule has 3 N–H and O–H groups in total. The molecule has 1 saturated heterocycles. The van der Waals surface area contributed by atoms with Crippen LogP contribution in [0.1, 0.15) is 64.3 Å². The molecule has 0 bridgehead atoms. The van der Waals surface area contributed by atoms with E-state index in [-0.39, 0.29) is 18.1 Å². The lowest BCUT2D eigenvalue weighted by Gasteiger charge is -2.36. The summed E-state index contributed by atoms with van der Waals surface area (Å²) in [6.07, 6.45) is 9.18. The lowest BCUT2D eigenvalue weighted by molar-refractivity contribution is -0.147. The minimum atomic E-state index is -0.169. The van der Waals surface area contributed by atoms with Gasteiger partial charge in [0, 0.05) is 49.4 Å². The molecule has 172 valence electrons. The Morgan fingerprint density at radius 1 is 1.38 bits per heavy atom. The lowest BCUT2D eigenvalue weighted by atomic mass is 9.99. The summed E-state index contributed by atoms with van der Waals surface area (Å²) in [5.41, 5.74) is 7.79. The van der Waals surface area contributed by atoms with Crippen molar-refractivity contribution in [2.45, 2.75) is 71.6 Å². The number of hydrogen-bond acceptors (Lipinski definition) is 8. The van der Waals surface area contributed by atoms with E-state index in [1.165, 1.54) is 0 Å². The molecule has 8 heteroatoms. The van der Waals surface area contributed by atoms with E-state index in [2.05, 4.69) is 15.2 Å². The van der Waals surface area contributed by atoms with E-state index in [9.17, 15) is 4.79 Å². The average molecular weight is 439 g/mol. The first kappa shape index (κ1) is 23.5. The first-order valence-corrected chi connectivity index (χ1v) is 11.4. The number of carbonyl (C=O) groups is 1. The van der Waals surface area contributed by atoms with Gasteiger partial charge >= 0.3 is 5.97 Å². The van der Waals surface area contributed by atoms with Crippen LogP contribution in [-0.4, -0.2) is 39.6 Å². The van der Waals surface area contributed by atoms with E-state index in [0.717, 1.165) is 55.0 Å². The second-order valence-electron chi connectivity index (χ2n) is 8.28. The van der Waals surface area contributed by atoms with Crippen molar-refractivity contribution in [3.63, 3.8) is 0 Å². The van der Waals surface area contributed by atoms with Crippen LogP contribution in [0.3, 0.4) is 0 Å². The molecule has 2 aromatic heterocycles. The fraction of sp³-hybridized carbons (Fsp3) is 0.500. The molecule has 3 rings (SSSR count). The Bertz CT molecular complexity index is 916. The number of hydrogen-bond donors (Lipinski definition) is 2. The van der Waals surface area contributed by atoms with Crippen molar-refractivity contribution in [2.75, 3.05) is 16.8 Å². The van der Waals surface area contributed by atoms with Crippen LogP contribution in [-0.2, 0) is 16.1 Å². The Labute approximate surface area is 190 Å². The molecule has 0 aliphatic carbocycles. The quantitative estimate of drug-likeness (QED) is 0.568.